The Kier molecular flexibility index (Phi) is 4.98. The Morgan fingerprint density at radius 2 is 1.95 bits per heavy atom. The quantitative estimate of drug-likeness (QED) is 0.911. The second-order valence-corrected chi connectivity index (χ2v) is 6.58. The highest BCUT2D eigenvalue weighted by Gasteiger charge is 2.37. The van der Waals surface area contributed by atoms with E-state index in [1.807, 2.05) is 35.2 Å². The first-order valence-corrected chi connectivity index (χ1v) is 8.48. The van der Waals surface area contributed by atoms with E-state index >= 15 is 0 Å². The van der Waals surface area contributed by atoms with Gasteiger partial charge >= 0.3 is 6.09 Å². The minimum Gasteiger partial charge on any atom is -0.445 e. The maximum absolute atomic E-state index is 12.4. The molecule has 4 nitrogen and oxygen atoms in total. The van der Waals surface area contributed by atoms with Crippen molar-refractivity contribution >= 4 is 6.09 Å². The number of likely N-dealkylation sites (tertiary alicyclic amines) is 1. The second-order valence-electron chi connectivity index (χ2n) is 6.58. The number of hydrogen-bond acceptors (Lipinski definition) is 3. The van der Waals surface area contributed by atoms with Gasteiger partial charge in [-0.1, -0.05) is 43.2 Å². The van der Waals surface area contributed by atoms with Crippen molar-refractivity contribution in [1.29, 1.82) is 0 Å². The molecule has 1 N–H and O–H groups in total. The van der Waals surface area contributed by atoms with Gasteiger partial charge in [0.2, 0.25) is 0 Å². The molecule has 22 heavy (non-hydrogen) atoms. The molecule has 2 aliphatic heterocycles. The molecule has 1 aromatic carbocycles. The van der Waals surface area contributed by atoms with Crippen LogP contribution in [0.3, 0.4) is 0 Å². The van der Waals surface area contributed by atoms with Crippen LogP contribution in [0.1, 0.15) is 44.1 Å². The van der Waals surface area contributed by atoms with E-state index in [0.29, 0.717) is 6.61 Å². The van der Waals surface area contributed by atoms with Crippen LogP contribution >= 0.6 is 0 Å². The van der Waals surface area contributed by atoms with Crippen LogP contribution in [0.15, 0.2) is 30.3 Å². The number of amides is 1. The van der Waals surface area contributed by atoms with Crippen LogP contribution in [-0.2, 0) is 11.3 Å². The highest BCUT2D eigenvalue weighted by Crippen LogP contribution is 2.29. The molecule has 2 aliphatic rings. The molecule has 0 radical (unpaired) electrons. The topological polar surface area (TPSA) is 41.6 Å². The van der Waals surface area contributed by atoms with E-state index in [-0.39, 0.29) is 11.6 Å². The number of nitrogens with zero attached hydrogens (tertiary/aromatic N) is 1. The van der Waals surface area contributed by atoms with E-state index in [4.69, 9.17) is 4.74 Å². The van der Waals surface area contributed by atoms with E-state index in [0.717, 1.165) is 31.6 Å². The Balaban J connectivity index is 1.55. The van der Waals surface area contributed by atoms with Crippen molar-refractivity contribution < 1.29 is 9.53 Å². The first-order valence-electron chi connectivity index (χ1n) is 8.48. The van der Waals surface area contributed by atoms with E-state index in [1.54, 1.807) is 0 Å². The van der Waals surface area contributed by atoms with Crippen molar-refractivity contribution in [3.63, 3.8) is 0 Å². The maximum atomic E-state index is 12.4. The van der Waals surface area contributed by atoms with Gasteiger partial charge < -0.3 is 15.0 Å². The summed E-state index contributed by atoms with van der Waals surface area (Å²) in [4.78, 5) is 14.3. The summed E-state index contributed by atoms with van der Waals surface area (Å²) in [5, 5.41) is 3.71. The Hall–Kier alpha value is -1.55. The zero-order valence-electron chi connectivity index (χ0n) is 13.2. The monoisotopic (exact) mass is 302 g/mol. The number of ether oxygens (including phenoxy) is 1. The largest absolute Gasteiger partial charge is 0.445 e. The van der Waals surface area contributed by atoms with Crippen molar-refractivity contribution in [1.82, 2.24) is 10.2 Å². The van der Waals surface area contributed by atoms with Gasteiger partial charge in [0, 0.05) is 18.6 Å². The molecule has 120 valence electrons. The molecular formula is C18H26N2O2. The van der Waals surface area contributed by atoms with E-state index in [9.17, 15) is 4.79 Å². The lowest BCUT2D eigenvalue weighted by Gasteiger charge is -2.42. The molecule has 1 amide bonds. The van der Waals surface area contributed by atoms with Gasteiger partial charge in [-0.3, -0.25) is 0 Å². The highest BCUT2D eigenvalue weighted by atomic mass is 16.6. The minimum absolute atomic E-state index is 0.126. The van der Waals surface area contributed by atoms with Crippen LogP contribution in [0.4, 0.5) is 4.79 Å². The molecule has 0 aromatic heterocycles. The molecular weight excluding hydrogens is 276 g/mol. The number of carbonyl (C=O) groups is 1. The highest BCUT2D eigenvalue weighted by molar-refractivity contribution is 5.68. The molecule has 2 fully saturated rings. The third kappa shape index (κ3) is 3.80. The second kappa shape index (κ2) is 7.14. The van der Waals surface area contributed by atoms with Crippen LogP contribution in [0.2, 0.25) is 0 Å². The summed E-state index contributed by atoms with van der Waals surface area (Å²) in [7, 11) is 0. The molecule has 0 saturated carbocycles. The van der Waals surface area contributed by atoms with Gasteiger partial charge in [0.1, 0.15) is 6.61 Å². The molecule has 4 heteroatoms. The lowest BCUT2D eigenvalue weighted by atomic mass is 9.85. The summed E-state index contributed by atoms with van der Waals surface area (Å²) in [5.41, 5.74) is 1.16. The number of benzene rings is 1. The molecule has 1 unspecified atom stereocenters. The number of nitrogens with one attached hydrogen (secondary N) is 1. The van der Waals surface area contributed by atoms with Crippen LogP contribution < -0.4 is 5.32 Å². The van der Waals surface area contributed by atoms with Crippen molar-refractivity contribution in [2.75, 3.05) is 19.6 Å². The molecule has 3 rings (SSSR count). The zero-order valence-corrected chi connectivity index (χ0v) is 13.2. The summed E-state index contributed by atoms with van der Waals surface area (Å²) in [6.45, 7) is 3.04. The standard InChI is InChI=1S/C18H26N2O2/c21-17(22-14-16-8-3-1-4-9-16)20-13-7-11-18(15-20)10-5-2-6-12-19-18/h1,3-4,8-9,19H,2,5-7,10-15H2. The first-order chi connectivity index (χ1) is 10.8. The number of carbonyl (C=O) groups excluding carboxylic acids is 1. The Morgan fingerprint density at radius 1 is 1.14 bits per heavy atom. The smallest absolute Gasteiger partial charge is 0.410 e. The Bertz CT molecular complexity index is 481. The number of piperidine rings is 1. The number of hydrogen-bond donors (Lipinski definition) is 1. The van der Waals surface area contributed by atoms with Crippen molar-refractivity contribution in [3.8, 4) is 0 Å². The van der Waals surface area contributed by atoms with Crippen molar-refractivity contribution in [3.05, 3.63) is 35.9 Å². The molecule has 1 spiro atoms. The van der Waals surface area contributed by atoms with E-state index in [1.165, 1.54) is 32.1 Å². The minimum atomic E-state index is -0.172. The average Bonchev–Trinajstić information content (AvgIpc) is 2.79. The van der Waals surface area contributed by atoms with E-state index < -0.39 is 0 Å². The van der Waals surface area contributed by atoms with Gasteiger partial charge in [0.05, 0.1) is 0 Å². The average molecular weight is 302 g/mol. The zero-order chi connectivity index (χ0) is 15.3. The predicted octanol–water partition coefficient (Wildman–Crippen LogP) is 3.32. The van der Waals surface area contributed by atoms with Crippen LogP contribution in [0.5, 0.6) is 0 Å². The lowest BCUT2D eigenvalue weighted by Crippen LogP contribution is -2.57. The van der Waals surface area contributed by atoms with Crippen LogP contribution in [0, 0.1) is 0 Å². The molecule has 1 aromatic rings. The van der Waals surface area contributed by atoms with Crippen molar-refractivity contribution in [2.24, 2.45) is 0 Å². The van der Waals surface area contributed by atoms with Gasteiger partial charge in [0.25, 0.3) is 0 Å². The summed E-state index contributed by atoms with van der Waals surface area (Å²) < 4.78 is 5.49. The Morgan fingerprint density at radius 3 is 2.82 bits per heavy atom. The van der Waals surface area contributed by atoms with Crippen LogP contribution in [0.25, 0.3) is 0 Å². The summed E-state index contributed by atoms with van der Waals surface area (Å²) >= 11 is 0. The normalized spacial score (nSPS) is 25.7. The first kappa shape index (κ1) is 15.3. The molecule has 0 aliphatic carbocycles. The van der Waals surface area contributed by atoms with E-state index in [2.05, 4.69) is 5.32 Å². The summed E-state index contributed by atoms with van der Waals surface area (Å²) in [5.74, 6) is 0. The van der Waals surface area contributed by atoms with Gasteiger partial charge in [-0.05, 0) is 37.8 Å². The molecule has 1 atom stereocenters. The van der Waals surface area contributed by atoms with Gasteiger partial charge in [0.15, 0.2) is 0 Å². The third-order valence-electron chi connectivity index (χ3n) is 4.87. The number of rotatable bonds is 2. The van der Waals surface area contributed by atoms with Crippen molar-refractivity contribution in [2.45, 2.75) is 50.7 Å². The molecule has 2 saturated heterocycles. The SMILES string of the molecule is O=C(OCc1ccccc1)N1CCCC2(CCCCCN2)C1. The van der Waals surface area contributed by atoms with Gasteiger partial charge in [-0.25, -0.2) is 4.79 Å². The Labute approximate surface area is 132 Å². The van der Waals surface area contributed by atoms with Gasteiger partial charge in [-0.2, -0.15) is 0 Å². The maximum Gasteiger partial charge on any atom is 0.410 e. The molecule has 0 bridgehead atoms. The van der Waals surface area contributed by atoms with Gasteiger partial charge in [-0.15, -0.1) is 0 Å². The fraction of sp³-hybridized carbons (Fsp3) is 0.611. The van der Waals surface area contributed by atoms with Crippen LogP contribution in [-0.4, -0.2) is 36.2 Å². The molecule has 2 heterocycles. The fourth-order valence-corrected chi connectivity index (χ4v) is 3.65. The third-order valence-corrected chi connectivity index (χ3v) is 4.87. The fourth-order valence-electron chi connectivity index (χ4n) is 3.65. The predicted molar refractivity (Wildman–Crippen MR) is 86.6 cm³/mol. The summed E-state index contributed by atoms with van der Waals surface area (Å²) in [6.07, 6.45) is 7.06. The summed E-state index contributed by atoms with van der Waals surface area (Å²) in [6, 6.07) is 9.87. The lowest BCUT2D eigenvalue weighted by molar-refractivity contribution is 0.0642.